The second-order valence-corrected chi connectivity index (χ2v) is 5.92. The highest BCUT2D eigenvalue weighted by Crippen LogP contribution is 2.20. The Balaban J connectivity index is 2.05. The summed E-state index contributed by atoms with van der Waals surface area (Å²) in [6, 6.07) is 6.18. The van der Waals surface area contributed by atoms with E-state index in [1.165, 1.54) is 0 Å². The molecule has 2 rings (SSSR count). The minimum Gasteiger partial charge on any atom is -0.395 e. The summed E-state index contributed by atoms with van der Waals surface area (Å²) in [4.78, 5) is 6.76. The average Bonchev–Trinajstić information content (AvgIpc) is 2.48. The third-order valence-electron chi connectivity index (χ3n) is 3.33. The second kappa shape index (κ2) is 5.78. The number of aliphatic hydroxyl groups is 1. The Hall–Kier alpha value is -0.970. The fraction of sp³-hybridized carbons (Fsp3) is 0.643. The Labute approximate surface area is 109 Å². The van der Waals surface area contributed by atoms with Crippen molar-refractivity contribution in [3.05, 3.63) is 30.1 Å². The smallest absolute Gasteiger partial charge is 0.0597 e. The Bertz CT molecular complexity index is 367. The van der Waals surface area contributed by atoms with E-state index in [4.69, 9.17) is 0 Å². The number of aliphatic hydroxyl groups excluding tert-OH is 1. The van der Waals surface area contributed by atoms with E-state index in [9.17, 15) is 5.11 Å². The first kappa shape index (κ1) is 13.5. The molecule has 0 aliphatic carbocycles. The van der Waals surface area contributed by atoms with E-state index in [2.05, 4.69) is 35.1 Å². The highest BCUT2D eigenvalue weighted by Gasteiger charge is 2.28. The van der Waals surface area contributed by atoms with Crippen molar-refractivity contribution >= 4 is 0 Å². The van der Waals surface area contributed by atoms with Gasteiger partial charge in [-0.3, -0.25) is 9.88 Å². The summed E-state index contributed by atoms with van der Waals surface area (Å²) < 4.78 is 0. The van der Waals surface area contributed by atoms with Crippen LogP contribution in [0.1, 0.15) is 19.5 Å². The van der Waals surface area contributed by atoms with Crippen LogP contribution in [0.2, 0.25) is 0 Å². The molecule has 1 atom stereocenters. The predicted molar refractivity (Wildman–Crippen MR) is 72.2 cm³/mol. The van der Waals surface area contributed by atoms with E-state index in [1.54, 1.807) is 0 Å². The molecule has 0 saturated carbocycles. The molecule has 0 radical (unpaired) electrons. The van der Waals surface area contributed by atoms with E-state index in [0.29, 0.717) is 0 Å². The maximum absolute atomic E-state index is 9.37. The van der Waals surface area contributed by atoms with Gasteiger partial charge in [0.15, 0.2) is 0 Å². The van der Waals surface area contributed by atoms with Crippen LogP contribution in [0.5, 0.6) is 0 Å². The van der Waals surface area contributed by atoms with Crippen LogP contribution >= 0.6 is 0 Å². The van der Waals surface area contributed by atoms with Gasteiger partial charge in [-0.25, -0.2) is 0 Å². The Morgan fingerprint density at radius 3 is 3.00 bits per heavy atom. The molecule has 100 valence electrons. The topological polar surface area (TPSA) is 48.4 Å². The minimum atomic E-state index is 0.162. The number of hydrogen-bond acceptors (Lipinski definition) is 4. The van der Waals surface area contributed by atoms with Crippen molar-refractivity contribution in [3.8, 4) is 0 Å². The number of nitrogens with zero attached hydrogens (tertiary/aromatic N) is 2. The molecule has 0 bridgehead atoms. The molecule has 4 heteroatoms. The molecule has 2 N–H and O–H groups in total. The molecular weight excluding hydrogens is 226 g/mol. The molecular formula is C14H23N3O. The van der Waals surface area contributed by atoms with Crippen LogP contribution in [0.3, 0.4) is 0 Å². The fourth-order valence-electron chi connectivity index (χ4n) is 2.49. The monoisotopic (exact) mass is 249 g/mol. The van der Waals surface area contributed by atoms with Gasteiger partial charge in [0.25, 0.3) is 0 Å². The molecule has 1 fully saturated rings. The number of aromatic nitrogens is 1. The average molecular weight is 249 g/mol. The van der Waals surface area contributed by atoms with Gasteiger partial charge in [-0.1, -0.05) is 19.9 Å². The molecule has 1 aromatic rings. The summed E-state index contributed by atoms with van der Waals surface area (Å²) >= 11 is 0. The fourth-order valence-corrected chi connectivity index (χ4v) is 2.49. The summed E-state index contributed by atoms with van der Waals surface area (Å²) in [5, 5.41) is 12.8. The van der Waals surface area contributed by atoms with Crippen molar-refractivity contribution in [3.63, 3.8) is 0 Å². The van der Waals surface area contributed by atoms with Crippen LogP contribution in [0.25, 0.3) is 0 Å². The van der Waals surface area contributed by atoms with Crippen LogP contribution in [-0.2, 0) is 6.54 Å². The van der Waals surface area contributed by atoms with Gasteiger partial charge in [-0.15, -0.1) is 0 Å². The van der Waals surface area contributed by atoms with Gasteiger partial charge in [0.05, 0.1) is 12.3 Å². The standard InChI is InChI=1S/C14H23N3O/c1-14(2)10-16-13(9-18)8-17(11-14)7-12-5-3-4-6-15-12/h3-6,13,16,18H,7-11H2,1-2H3. The molecule has 1 saturated heterocycles. The molecule has 1 aromatic heterocycles. The lowest BCUT2D eigenvalue weighted by atomic mass is 9.93. The lowest BCUT2D eigenvalue weighted by Crippen LogP contribution is -2.40. The van der Waals surface area contributed by atoms with Crippen molar-refractivity contribution in [2.75, 3.05) is 26.2 Å². The maximum Gasteiger partial charge on any atom is 0.0597 e. The van der Waals surface area contributed by atoms with Crippen molar-refractivity contribution in [2.24, 2.45) is 5.41 Å². The van der Waals surface area contributed by atoms with Crippen molar-refractivity contribution < 1.29 is 5.11 Å². The van der Waals surface area contributed by atoms with Gasteiger partial charge < -0.3 is 10.4 Å². The largest absolute Gasteiger partial charge is 0.395 e. The third kappa shape index (κ3) is 3.77. The lowest BCUT2D eigenvalue weighted by molar-refractivity contribution is 0.175. The van der Waals surface area contributed by atoms with Crippen molar-refractivity contribution in [2.45, 2.75) is 26.4 Å². The molecule has 0 amide bonds. The first-order valence-electron chi connectivity index (χ1n) is 6.55. The van der Waals surface area contributed by atoms with Crippen LogP contribution in [0.15, 0.2) is 24.4 Å². The molecule has 1 aliphatic rings. The van der Waals surface area contributed by atoms with E-state index >= 15 is 0 Å². The molecule has 2 heterocycles. The zero-order valence-corrected chi connectivity index (χ0v) is 11.3. The van der Waals surface area contributed by atoms with E-state index < -0.39 is 0 Å². The Morgan fingerprint density at radius 1 is 1.50 bits per heavy atom. The zero-order chi connectivity index (χ0) is 13.0. The summed E-state index contributed by atoms with van der Waals surface area (Å²) in [5.41, 5.74) is 1.31. The van der Waals surface area contributed by atoms with Gasteiger partial charge in [0.2, 0.25) is 0 Å². The number of nitrogens with one attached hydrogen (secondary N) is 1. The van der Waals surface area contributed by atoms with Crippen LogP contribution in [0.4, 0.5) is 0 Å². The molecule has 1 aliphatic heterocycles. The number of pyridine rings is 1. The quantitative estimate of drug-likeness (QED) is 0.835. The maximum atomic E-state index is 9.37. The summed E-state index contributed by atoms with van der Waals surface area (Å²) in [7, 11) is 0. The molecule has 1 unspecified atom stereocenters. The third-order valence-corrected chi connectivity index (χ3v) is 3.33. The van der Waals surface area contributed by atoms with Gasteiger partial charge in [-0.05, 0) is 17.5 Å². The van der Waals surface area contributed by atoms with Crippen LogP contribution in [-0.4, -0.2) is 47.3 Å². The van der Waals surface area contributed by atoms with E-state index in [-0.39, 0.29) is 18.1 Å². The first-order chi connectivity index (χ1) is 8.59. The predicted octanol–water partition coefficient (Wildman–Crippen LogP) is 0.874. The summed E-state index contributed by atoms with van der Waals surface area (Å²) in [5.74, 6) is 0. The first-order valence-corrected chi connectivity index (χ1v) is 6.55. The SMILES string of the molecule is CC1(C)CNC(CO)CN(Cc2ccccn2)C1. The minimum absolute atomic E-state index is 0.162. The number of rotatable bonds is 3. The molecule has 4 nitrogen and oxygen atoms in total. The van der Waals surface area contributed by atoms with E-state index in [1.807, 2.05) is 18.3 Å². The van der Waals surface area contributed by atoms with Crippen LogP contribution < -0.4 is 5.32 Å². The normalized spacial score (nSPS) is 24.7. The van der Waals surface area contributed by atoms with Gasteiger partial charge in [0.1, 0.15) is 0 Å². The zero-order valence-electron chi connectivity index (χ0n) is 11.3. The van der Waals surface area contributed by atoms with Gasteiger partial charge in [0, 0.05) is 38.4 Å². The van der Waals surface area contributed by atoms with E-state index in [0.717, 1.165) is 31.9 Å². The Kier molecular flexibility index (Phi) is 4.32. The van der Waals surface area contributed by atoms with Crippen LogP contribution in [0, 0.1) is 5.41 Å². The van der Waals surface area contributed by atoms with Gasteiger partial charge >= 0.3 is 0 Å². The summed E-state index contributed by atoms with van der Waals surface area (Å²) in [6.45, 7) is 8.38. The lowest BCUT2D eigenvalue weighted by Gasteiger charge is -2.28. The highest BCUT2D eigenvalue weighted by atomic mass is 16.3. The molecule has 18 heavy (non-hydrogen) atoms. The highest BCUT2D eigenvalue weighted by molar-refractivity contribution is 5.04. The van der Waals surface area contributed by atoms with Crippen molar-refractivity contribution in [1.82, 2.24) is 15.2 Å². The van der Waals surface area contributed by atoms with Crippen molar-refractivity contribution in [1.29, 1.82) is 0 Å². The summed E-state index contributed by atoms with van der Waals surface area (Å²) in [6.07, 6.45) is 1.83. The second-order valence-electron chi connectivity index (χ2n) is 5.92. The molecule has 0 aromatic carbocycles. The van der Waals surface area contributed by atoms with Gasteiger partial charge in [-0.2, -0.15) is 0 Å². The molecule has 0 spiro atoms. The number of hydrogen-bond donors (Lipinski definition) is 2. The Morgan fingerprint density at radius 2 is 2.33 bits per heavy atom.